The van der Waals surface area contributed by atoms with Gasteiger partial charge in [-0.25, -0.2) is 4.98 Å². The minimum Gasteiger partial charge on any atom is -0.355 e. The minimum atomic E-state index is -4.40. The number of rotatable bonds is 2. The van der Waals surface area contributed by atoms with Gasteiger partial charge in [-0.1, -0.05) is 0 Å². The zero-order valence-electron chi connectivity index (χ0n) is 13.6. The summed E-state index contributed by atoms with van der Waals surface area (Å²) in [4.78, 5) is 20.2. The third-order valence-corrected chi connectivity index (χ3v) is 6.01. The van der Waals surface area contributed by atoms with Gasteiger partial charge >= 0.3 is 6.18 Å². The molecule has 2 fully saturated rings. The van der Waals surface area contributed by atoms with Crippen LogP contribution in [0.2, 0.25) is 0 Å². The van der Waals surface area contributed by atoms with Crippen molar-refractivity contribution in [3.8, 4) is 0 Å². The number of alkyl halides is 5. The van der Waals surface area contributed by atoms with Crippen molar-refractivity contribution in [1.82, 2.24) is 9.88 Å². The Morgan fingerprint density at radius 3 is 2.40 bits per heavy atom. The lowest BCUT2D eigenvalue weighted by atomic mass is 10.1. The van der Waals surface area contributed by atoms with Crippen LogP contribution in [0.5, 0.6) is 0 Å². The van der Waals surface area contributed by atoms with Crippen molar-refractivity contribution >= 4 is 34.9 Å². The van der Waals surface area contributed by atoms with Crippen molar-refractivity contribution in [2.75, 3.05) is 31.1 Å². The van der Waals surface area contributed by atoms with Crippen molar-refractivity contribution in [3.05, 3.63) is 23.9 Å². The number of hydrogen-bond donors (Lipinski definition) is 0. The van der Waals surface area contributed by atoms with E-state index in [-0.39, 0.29) is 5.91 Å². The maximum Gasteiger partial charge on any atom is 0.417 e. The van der Waals surface area contributed by atoms with E-state index in [0.29, 0.717) is 44.8 Å². The van der Waals surface area contributed by atoms with Gasteiger partial charge in [0.2, 0.25) is 5.91 Å². The molecule has 1 amide bonds. The van der Waals surface area contributed by atoms with Crippen LogP contribution in [0.25, 0.3) is 0 Å². The predicted octanol–water partition coefficient (Wildman–Crippen LogP) is 3.72. The topological polar surface area (TPSA) is 36.4 Å². The molecule has 0 radical (unpaired) electrons. The van der Waals surface area contributed by atoms with Crippen LogP contribution < -0.4 is 4.90 Å². The first-order chi connectivity index (χ1) is 11.5. The zero-order valence-corrected chi connectivity index (χ0v) is 15.1. The number of hydrogen-bond acceptors (Lipinski definition) is 3. The summed E-state index contributed by atoms with van der Waals surface area (Å²) in [7, 11) is 0. The summed E-state index contributed by atoms with van der Waals surface area (Å²) in [6.07, 6.45) is -2.43. The molecule has 2 aliphatic rings. The van der Waals surface area contributed by atoms with Crippen LogP contribution in [0.3, 0.4) is 0 Å². The smallest absolute Gasteiger partial charge is 0.355 e. The number of anilines is 1. The molecule has 1 aliphatic heterocycles. The molecule has 1 aromatic rings. The molecular weight excluding hydrogens is 378 g/mol. The van der Waals surface area contributed by atoms with Crippen molar-refractivity contribution in [2.24, 2.45) is 5.41 Å². The number of pyridine rings is 1. The average Bonchev–Trinajstić information content (AvgIpc) is 3.16. The Bertz CT molecular complexity index is 666. The predicted molar refractivity (Wildman–Crippen MR) is 89.8 cm³/mol. The molecule has 3 rings (SSSR count). The number of halogens is 5. The molecule has 138 valence electrons. The second-order valence-corrected chi connectivity index (χ2v) is 8.23. The maximum absolute atomic E-state index is 12.6. The molecule has 0 unspecified atom stereocenters. The number of aromatic nitrogens is 1. The van der Waals surface area contributed by atoms with E-state index in [1.165, 1.54) is 6.07 Å². The summed E-state index contributed by atoms with van der Waals surface area (Å²) < 4.78 is 36.9. The molecule has 4 nitrogen and oxygen atoms in total. The Labute approximate surface area is 153 Å². The van der Waals surface area contributed by atoms with Gasteiger partial charge in [0.25, 0.3) is 0 Å². The van der Waals surface area contributed by atoms with E-state index >= 15 is 0 Å². The van der Waals surface area contributed by atoms with Crippen LogP contribution in [0, 0.1) is 5.41 Å². The first-order valence-corrected chi connectivity index (χ1v) is 8.76. The molecule has 9 heteroatoms. The highest BCUT2D eigenvalue weighted by molar-refractivity contribution is 6.53. The molecule has 0 spiro atoms. The van der Waals surface area contributed by atoms with Gasteiger partial charge < -0.3 is 9.80 Å². The van der Waals surface area contributed by atoms with Crippen LogP contribution in [-0.2, 0) is 11.0 Å². The number of amides is 1. The lowest BCUT2D eigenvalue weighted by Crippen LogP contribution is -2.40. The van der Waals surface area contributed by atoms with Crippen molar-refractivity contribution in [1.29, 1.82) is 0 Å². The molecule has 0 N–H and O–H groups in total. The van der Waals surface area contributed by atoms with Gasteiger partial charge in [-0.05, 0) is 31.9 Å². The van der Waals surface area contributed by atoms with Crippen molar-refractivity contribution in [2.45, 2.75) is 30.3 Å². The lowest BCUT2D eigenvalue weighted by Gasteiger charge is -2.25. The largest absolute Gasteiger partial charge is 0.417 e. The lowest BCUT2D eigenvalue weighted by molar-refractivity contribution is -0.138. The Balaban J connectivity index is 1.65. The summed E-state index contributed by atoms with van der Waals surface area (Å²) in [5.74, 6) is 0.406. The van der Waals surface area contributed by atoms with Crippen LogP contribution in [0.15, 0.2) is 18.3 Å². The van der Waals surface area contributed by atoms with E-state index < -0.39 is 21.5 Å². The molecule has 1 aliphatic carbocycles. The Morgan fingerprint density at radius 2 is 1.88 bits per heavy atom. The summed E-state index contributed by atoms with van der Waals surface area (Å²) in [6, 6.07) is 2.39. The molecule has 1 atom stereocenters. The van der Waals surface area contributed by atoms with Crippen LogP contribution in [-0.4, -0.2) is 46.3 Å². The first kappa shape index (κ1) is 18.6. The normalized spacial score (nSPS) is 26.3. The number of nitrogens with zero attached hydrogens (tertiary/aromatic N) is 3. The summed E-state index contributed by atoms with van der Waals surface area (Å²) in [6.45, 7) is 3.90. The van der Waals surface area contributed by atoms with Gasteiger partial charge in [0.15, 0.2) is 0 Å². The zero-order chi connectivity index (χ0) is 18.5. The quantitative estimate of drug-likeness (QED) is 0.715. The van der Waals surface area contributed by atoms with E-state index in [1.54, 1.807) is 11.8 Å². The number of carbonyl (C=O) groups excluding carboxylic acids is 1. The molecule has 1 saturated heterocycles. The van der Waals surface area contributed by atoms with Gasteiger partial charge in [-0.2, -0.15) is 13.2 Å². The second kappa shape index (κ2) is 6.20. The summed E-state index contributed by atoms with van der Waals surface area (Å²) in [5.41, 5.74) is -1.53. The summed E-state index contributed by atoms with van der Waals surface area (Å²) in [5, 5.41) is 0. The van der Waals surface area contributed by atoms with E-state index in [0.717, 1.165) is 12.3 Å². The van der Waals surface area contributed by atoms with E-state index in [9.17, 15) is 18.0 Å². The Kier molecular flexibility index (Phi) is 4.60. The van der Waals surface area contributed by atoms with E-state index in [2.05, 4.69) is 4.98 Å². The third-order valence-electron chi connectivity index (χ3n) is 4.91. The highest BCUT2D eigenvalue weighted by Gasteiger charge is 2.68. The van der Waals surface area contributed by atoms with Gasteiger partial charge in [-0.15, -0.1) is 23.2 Å². The van der Waals surface area contributed by atoms with Crippen molar-refractivity contribution in [3.63, 3.8) is 0 Å². The monoisotopic (exact) mass is 395 g/mol. The molecule has 1 saturated carbocycles. The summed E-state index contributed by atoms with van der Waals surface area (Å²) >= 11 is 12.2. The van der Waals surface area contributed by atoms with Gasteiger partial charge in [0.05, 0.1) is 11.0 Å². The fraction of sp³-hybridized carbons (Fsp3) is 0.625. The first-order valence-electron chi connectivity index (χ1n) is 8.00. The van der Waals surface area contributed by atoms with Gasteiger partial charge in [-0.3, -0.25) is 4.79 Å². The second-order valence-electron chi connectivity index (χ2n) is 6.75. The molecule has 0 bridgehead atoms. The fourth-order valence-electron chi connectivity index (χ4n) is 3.07. The number of carbonyl (C=O) groups is 1. The standard InChI is InChI=1S/C16H18Cl2F3N3O/c1-14(10-15(14,17)18)13(25)24-6-2-5-23(7-8-24)12-4-3-11(9-22-12)16(19,20)21/h3-4,9H,2,5-8,10H2,1H3/t14-/m0/s1. The highest BCUT2D eigenvalue weighted by Crippen LogP contribution is 2.64. The molecule has 1 aromatic heterocycles. The average molecular weight is 396 g/mol. The molecule has 0 aromatic carbocycles. The van der Waals surface area contributed by atoms with Crippen LogP contribution in [0.1, 0.15) is 25.3 Å². The van der Waals surface area contributed by atoms with Gasteiger partial charge in [0, 0.05) is 32.4 Å². The molecular formula is C16H18Cl2F3N3O. The maximum atomic E-state index is 12.6. The SMILES string of the molecule is C[C@@]1(C(=O)N2CCCN(c3ccc(C(F)(F)F)cn3)CC2)CC1(Cl)Cl. The minimum absolute atomic E-state index is 0.0697. The molecule has 25 heavy (non-hydrogen) atoms. The van der Waals surface area contributed by atoms with Crippen molar-refractivity contribution < 1.29 is 18.0 Å². The molecule has 2 heterocycles. The third kappa shape index (κ3) is 3.53. The fourth-order valence-corrected chi connectivity index (χ4v) is 3.77. The van der Waals surface area contributed by atoms with Gasteiger partial charge in [0.1, 0.15) is 10.2 Å². The van der Waals surface area contributed by atoms with Crippen LogP contribution in [0.4, 0.5) is 19.0 Å². The highest BCUT2D eigenvalue weighted by atomic mass is 35.5. The van der Waals surface area contributed by atoms with E-state index in [1.807, 2.05) is 4.90 Å². The van der Waals surface area contributed by atoms with E-state index in [4.69, 9.17) is 23.2 Å². The van der Waals surface area contributed by atoms with Crippen LogP contribution >= 0.6 is 23.2 Å². The Morgan fingerprint density at radius 1 is 1.20 bits per heavy atom. The Hall–Kier alpha value is -1.21.